The first kappa shape index (κ1) is 23.6. The zero-order chi connectivity index (χ0) is 22.8. The second-order valence-electron chi connectivity index (χ2n) is 13.6. The molecular formula is C30H50O. The molecule has 1 nitrogen and oxygen atoms in total. The van der Waals surface area contributed by atoms with Crippen molar-refractivity contribution in [1.29, 1.82) is 0 Å². The van der Waals surface area contributed by atoms with Gasteiger partial charge in [0.25, 0.3) is 0 Å². The monoisotopic (exact) mass is 426 g/mol. The molecule has 1 heteroatoms. The van der Waals surface area contributed by atoms with Crippen LogP contribution in [0.5, 0.6) is 0 Å². The molecule has 1 N–H and O–H groups in total. The van der Waals surface area contributed by atoms with Gasteiger partial charge in [-0.2, -0.15) is 0 Å². The van der Waals surface area contributed by atoms with E-state index in [1.807, 2.05) is 11.1 Å². The highest BCUT2D eigenvalue weighted by Gasteiger charge is 2.63. The van der Waals surface area contributed by atoms with Crippen LogP contribution in [0.15, 0.2) is 22.8 Å². The Kier molecular flexibility index (Phi) is 5.90. The number of aliphatic hydroxyl groups excluding tert-OH is 1. The number of fused-ring (bicyclic) bond motifs is 4. The smallest absolute Gasteiger partial charge is 0.0594 e. The molecule has 0 radical (unpaired) electrons. The van der Waals surface area contributed by atoms with Crippen molar-refractivity contribution in [2.45, 2.75) is 126 Å². The highest BCUT2D eigenvalue weighted by molar-refractivity contribution is 5.38. The molecule has 0 unspecified atom stereocenters. The van der Waals surface area contributed by atoms with Gasteiger partial charge in [0.15, 0.2) is 0 Å². The molecule has 0 aromatic rings. The molecule has 7 atom stereocenters. The van der Waals surface area contributed by atoms with Gasteiger partial charge in [-0.3, -0.25) is 0 Å². The molecule has 4 rings (SSSR count). The third kappa shape index (κ3) is 3.34. The molecule has 0 aromatic carbocycles. The van der Waals surface area contributed by atoms with Crippen LogP contribution in [0.4, 0.5) is 0 Å². The predicted octanol–water partition coefficient (Wildman–Crippen LogP) is 8.48. The van der Waals surface area contributed by atoms with E-state index in [1.165, 1.54) is 63.4 Å². The van der Waals surface area contributed by atoms with Crippen molar-refractivity contribution in [3.8, 4) is 0 Å². The Morgan fingerprint density at radius 2 is 1.68 bits per heavy atom. The Hall–Kier alpha value is -0.560. The average molecular weight is 427 g/mol. The molecule has 0 aliphatic heterocycles. The predicted molar refractivity (Wildman–Crippen MR) is 133 cm³/mol. The lowest BCUT2D eigenvalue weighted by Crippen LogP contribution is -2.55. The van der Waals surface area contributed by atoms with Crippen molar-refractivity contribution >= 4 is 0 Å². The average Bonchev–Trinajstić information content (AvgIpc) is 2.96. The molecule has 176 valence electrons. The minimum atomic E-state index is -0.130. The third-order valence-corrected chi connectivity index (χ3v) is 11.7. The fourth-order valence-electron chi connectivity index (χ4n) is 9.47. The molecule has 0 heterocycles. The van der Waals surface area contributed by atoms with Crippen LogP contribution in [0.3, 0.4) is 0 Å². The first-order chi connectivity index (χ1) is 14.4. The summed E-state index contributed by atoms with van der Waals surface area (Å²) in [6.45, 7) is 19.6. The van der Waals surface area contributed by atoms with Gasteiger partial charge in [-0.05, 0) is 117 Å². The maximum atomic E-state index is 10.8. The van der Waals surface area contributed by atoms with E-state index in [2.05, 4.69) is 61.5 Å². The van der Waals surface area contributed by atoms with E-state index in [0.717, 1.165) is 18.3 Å². The second-order valence-corrected chi connectivity index (χ2v) is 13.6. The number of rotatable bonds is 4. The van der Waals surface area contributed by atoms with E-state index in [0.29, 0.717) is 22.2 Å². The molecule has 31 heavy (non-hydrogen) atoms. The Morgan fingerprint density at radius 1 is 0.968 bits per heavy atom. The van der Waals surface area contributed by atoms with Gasteiger partial charge in [0.1, 0.15) is 0 Å². The van der Waals surface area contributed by atoms with Crippen molar-refractivity contribution in [1.82, 2.24) is 0 Å². The molecule has 0 aromatic heterocycles. The van der Waals surface area contributed by atoms with Gasteiger partial charge in [0.2, 0.25) is 0 Å². The normalized spacial score (nSPS) is 44.9. The summed E-state index contributed by atoms with van der Waals surface area (Å²) in [6.07, 6.45) is 15.2. The van der Waals surface area contributed by atoms with E-state index in [1.54, 1.807) is 0 Å². The van der Waals surface area contributed by atoms with Crippen LogP contribution < -0.4 is 0 Å². The van der Waals surface area contributed by atoms with Crippen molar-refractivity contribution in [3.63, 3.8) is 0 Å². The molecule has 2 saturated carbocycles. The van der Waals surface area contributed by atoms with Crippen LogP contribution >= 0.6 is 0 Å². The zero-order valence-corrected chi connectivity index (χ0v) is 21.9. The first-order valence-corrected chi connectivity index (χ1v) is 13.4. The summed E-state index contributed by atoms with van der Waals surface area (Å²) in [5.74, 6) is 2.32. The molecule has 4 aliphatic carbocycles. The minimum Gasteiger partial charge on any atom is -0.393 e. The maximum absolute atomic E-state index is 10.8. The van der Waals surface area contributed by atoms with Crippen molar-refractivity contribution < 1.29 is 5.11 Å². The summed E-state index contributed by atoms with van der Waals surface area (Å²) in [7, 11) is 0. The SMILES string of the molecule is CC(C)=CCC[C@@H](C)[C@H]1CC[C@@]2(C)C3=C(CC[C@@]12C)[C@@]1(C)CC[C@H](O)C(C)(C)[C@@H]1CC3. The van der Waals surface area contributed by atoms with E-state index in [4.69, 9.17) is 0 Å². The van der Waals surface area contributed by atoms with E-state index < -0.39 is 0 Å². The molecule has 0 saturated heterocycles. The van der Waals surface area contributed by atoms with Gasteiger partial charge in [0.05, 0.1) is 6.10 Å². The molecule has 0 amide bonds. The summed E-state index contributed by atoms with van der Waals surface area (Å²) in [5.41, 5.74) is 6.41. The van der Waals surface area contributed by atoms with Gasteiger partial charge in [-0.1, -0.05) is 64.3 Å². The fraction of sp³-hybridized carbons (Fsp3) is 0.867. The standard InChI is InChI=1S/C30H50O/c1-20(2)10-9-11-21(3)22-14-18-30(8)24-12-13-25-27(4,5)26(31)16-17-28(25,6)23(24)15-19-29(22,30)7/h10,21-22,25-26,31H,9,11-19H2,1-8H3/t21-,22-,25+,26+,28-,29+,30+/m1/s1. The number of hydrogen-bond donors (Lipinski definition) is 1. The van der Waals surface area contributed by atoms with Crippen LogP contribution in [0.1, 0.15) is 120 Å². The number of aliphatic hydroxyl groups is 1. The zero-order valence-electron chi connectivity index (χ0n) is 21.9. The Balaban J connectivity index is 1.65. The molecule has 0 spiro atoms. The second kappa shape index (κ2) is 7.75. The molecule has 2 fully saturated rings. The fourth-order valence-corrected chi connectivity index (χ4v) is 9.47. The summed E-state index contributed by atoms with van der Waals surface area (Å²) >= 11 is 0. The quantitative estimate of drug-likeness (QED) is 0.447. The Bertz CT molecular complexity index is 767. The Morgan fingerprint density at radius 3 is 2.35 bits per heavy atom. The lowest BCUT2D eigenvalue weighted by atomic mass is 9.43. The van der Waals surface area contributed by atoms with Crippen LogP contribution in [0.25, 0.3) is 0 Å². The van der Waals surface area contributed by atoms with Gasteiger partial charge in [0, 0.05) is 0 Å². The van der Waals surface area contributed by atoms with E-state index >= 15 is 0 Å². The van der Waals surface area contributed by atoms with Crippen LogP contribution in [0.2, 0.25) is 0 Å². The van der Waals surface area contributed by atoms with Crippen molar-refractivity contribution in [2.75, 3.05) is 0 Å². The highest BCUT2D eigenvalue weighted by Crippen LogP contribution is 2.72. The van der Waals surface area contributed by atoms with E-state index in [9.17, 15) is 5.11 Å². The largest absolute Gasteiger partial charge is 0.393 e. The lowest BCUT2D eigenvalue weighted by molar-refractivity contribution is -0.0962. The summed E-state index contributed by atoms with van der Waals surface area (Å²) in [6, 6.07) is 0. The van der Waals surface area contributed by atoms with Crippen molar-refractivity contribution in [2.24, 2.45) is 39.4 Å². The van der Waals surface area contributed by atoms with Gasteiger partial charge >= 0.3 is 0 Å². The molecular weight excluding hydrogens is 376 g/mol. The highest BCUT2D eigenvalue weighted by atomic mass is 16.3. The molecule has 0 bridgehead atoms. The maximum Gasteiger partial charge on any atom is 0.0594 e. The minimum absolute atomic E-state index is 0.0465. The first-order valence-electron chi connectivity index (χ1n) is 13.4. The summed E-state index contributed by atoms with van der Waals surface area (Å²) in [5, 5.41) is 10.8. The van der Waals surface area contributed by atoms with Gasteiger partial charge in [-0.25, -0.2) is 0 Å². The third-order valence-electron chi connectivity index (χ3n) is 11.7. The summed E-state index contributed by atoms with van der Waals surface area (Å²) in [4.78, 5) is 0. The van der Waals surface area contributed by atoms with Crippen LogP contribution in [-0.4, -0.2) is 11.2 Å². The summed E-state index contributed by atoms with van der Waals surface area (Å²) < 4.78 is 0. The van der Waals surface area contributed by atoms with E-state index in [-0.39, 0.29) is 11.5 Å². The van der Waals surface area contributed by atoms with Gasteiger partial charge < -0.3 is 5.11 Å². The van der Waals surface area contributed by atoms with Crippen LogP contribution in [0, 0.1) is 39.4 Å². The lowest BCUT2D eigenvalue weighted by Gasteiger charge is -2.62. The van der Waals surface area contributed by atoms with Crippen molar-refractivity contribution in [3.05, 3.63) is 22.8 Å². The topological polar surface area (TPSA) is 20.2 Å². The van der Waals surface area contributed by atoms with Crippen LogP contribution in [-0.2, 0) is 0 Å². The molecule has 4 aliphatic rings. The Labute approximate surface area is 193 Å². The van der Waals surface area contributed by atoms with Gasteiger partial charge in [-0.15, -0.1) is 0 Å². The number of hydrogen-bond acceptors (Lipinski definition) is 1. The number of allylic oxidation sites excluding steroid dienone is 4.